The van der Waals surface area contributed by atoms with Crippen molar-refractivity contribution < 1.29 is 31.1 Å². The molecule has 1 aliphatic rings. The highest BCUT2D eigenvalue weighted by Gasteiger charge is 2.43. The van der Waals surface area contributed by atoms with Crippen LogP contribution >= 0.6 is 0 Å². The highest BCUT2D eigenvalue weighted by molar-refractivity contribution is 7.89. The lowest BCUT2D eigenvalue weighted by molar-refractivity contribution is 0.0183. The smallest absolute Gasteiger partial charge is 0.337 e. The van der Waals surface area contributed by atoms with Crippen LogP contribution in [0, 0.1) is 0 Å². The number of methoxy groups -OCH3 is 1. The van der Waals surface area contributed by atoms with Gasteiger partial charge in [0.25, 0.3) is 5.92 Å². The number of benzene rings is 2. The third-order valence-corrected chi connectivity index (χ3v) is 7.44. The number of sulfonamides is 1. The molecule has 9 nitrogen and oxygen atoms in total. The van der Waals surface area contributed by atoms with Crippen molar-refractivity contribution in [3.8, 4) is 11.1 Å². The molecule has 1 aliphatic heterocycles. The number of halogens is 3. The molecular formula is C22H22F3N5O4S. The zero-order chi connectivity index (χ0) is 25.4. The van der Waals surface area contributed by atoms with Crippen molar-refractivity contribution in [3.05, 3.63) is 53.9 Å². The van der Waals surface area contributed by atoms with Crippen molar-refractivity contribution in [2.75, 3.05) is 26.7 Å². The molecule has 1 aromatic heterocycles. The zero-order valence-corrected chi connectivity index (χ0v) is 19.4. The predicted octanol–water partition coefficient (Wildman–Crippen LogP) is 2.73. The molecule has 0 spiro atoms. The second-order valence-corrected chi connectivity index (χ2v) is 9.93. The fourth-order valence-corrected chi connectivity index (χ4v) is 5.37. The molecule has 0 saturated carbocycles. The number of rotatable bonds is 7. The van der Waals surface area contributed by atoms with E-state index in [1.807, 2.05) is 0 Å². The van der Waals surface area contributed by atoms with Crippen LogP contribution < -0.4 is 5.73 Å². The number of ether oxygens (including phenoxy) is 1. The summed E-state index contributed by atoms with van der Waals surface area (Å²) in [5, 5.41) is 8.06. The second-order valence-electron chi connectivity index (χ2n) is 7.99. The minimum Gasteiger partial charge on any atom is -0.465 e. The van der Waals surface area contributed by atoms with Crippen LogP contribution in [0.3, 0.4) is 0 Å². The summed E-state index contributed by atoms with van der Waals surface area (Å²) in [5.41, 5.74) is 6.71. The Labute approximate surface area is 199 Å². The highest BCUT2D eigenvalue weighted by Crippen LogP contribution is 2.34. The summed E-state index contributed by atoms with van der Waals surface area (Å²) in [7, 11) is -2.99. The van der Waals surface area contributed by atoms with Crippen molar-refractivity contribution in [1.82, 2.24) is 19.3 Å². The molecule has 35 heavy (non-hydrogen) atoms. The van der Waals surface area contributed by atoms with E-state index in [4.69, 9.17) is 10.5 Å². The Balaban J connectivity index is 1.83. The maximum absolute atomic E-state index is 14.1. The van der Waals surface area contributed by atoms with E-state index in [-0.39, 0.29) is 35.6 Å². The van der Waals surface area contributed by atoms with Gasteiger partial charge in [0.05, 0.1) is 36.2 Å². The van der Waals surface area contributed by atoms with Gasteiger partial charge in [0, 0.05) is 25.1 Å². The largest absolute Gasteiger partial charge is 0.465 e. The van der Waals surface area contributed by atoms with Gasteiger partial charge in [-0.25, -0.2) is 31.1 Å². The number of hydrogen-bond donors (Lipinski definition) is 1. The molecular weight excluding hydrogens is 487 g/mol. The lowest BCUT2D eigenvalue weighted by Crippen LogP contribution is -2.31. The fraction of sp³-hybridized carbons (Fsp3) is 0.318. The van der Waals surface area contributed by atoms with Crippen LogP contribution in [-0.4, -0.2) is 66.4 Å². The number of carbonyl (C=O) groups excluding carboxylic acids is 1. The normalized spacial score (nSPS) is 16.7. The lowest BCUT2D eigenvalue weighted by Gasteiger charge is -2.17. The van der Waals surface area contributed by atoms with Crippen LogP contribution in [0.15, 0.2) is 53.2 Å². The SMILES string of the molecule is COC(=O)c1cc(-c2cccc(S(=O)(=O)N3CCC(F)(F)C3)c2)c2nnn(C/C(F)=C/CN)c2c1. The van der Waals surface area contributed by atoms with Gasteiger partial charge in [-0.05, 0) is 35.9 Å². The molecule has 2 aromatic carbocycles. The minimum absolute atomic E-state index is 0.0126. The number of nitrogens with zero attached hydrogens (tertiary/aromatic N) is 4. The monoisotopic (exact) mass is 509 g/mol. The first-order valence-corrected chi connectivity index (χ1v) is 12.0. The summed E-state index contributed by atoms with van der Waals surface area (Å²) in [6.45, 7) is -1.48. The Morgan fingerprint density at radius 3 is 2.71 bits per heavy atom. The van der Waals surface area contributed by atoms with Gasteiger partial charge in [0.1, 0.15) is 11.3 Å². The van der Waals surface area contributed by atoms with Gasteiger partial charge >= 0.3 is 5.97 Å². The number of esters is 1. The number of aromatic nitrogens is 3. The molecule has 1 saturated heterocycles. The van der Waals surface area contributed by atoms with Crippen molar-refractivity contribution in [2.24, 2.45) is 5.73 Å². The van der Waals surface area contributed by atoms with Crippen molar-refractivity contribution >= 4 is 27.0 Å². The number of fused-ring (bicyclic) bond motifs is 1. The maximum atomic E-state index is 14.1. The van der Waals surface area contributed by atoms with Crippen molar-refractivity contribution in [3.63, 3.8) is 0 Å². The summed E-state index contributed by atoms with van der Waals surface area (Å²) in [6.07, 6.45) is 0.626. The summed E-state index contributed by atoms with van der Waals surface area (Å²) < 4.78 is 74.2. The third kappa shape index (κ3) is 4.92. The van der Waals surface area contributed by atoms with E-state index >= 15 is 0 Å². The Kier molecular flexibility index (Phi) is 6.66. The summed E-state index contributed by atoms with van der Waals surface area (Å²) in [6, 6.07) is 8.56. The van der Waals surface area contributed by atoms with Crippen LogP contribution in [0.2, 0.25) is 0 Å². The molecule has 2 heterocycles. The first-order valence-electron chi connectivity index (χ1n) is 10.5. The predicted molar refractivity (Wildman–Crippen MR) is 121 cm³/mol. The van der Waals surface area contributed by atoms with E-state index in [1.165, 1.54) is 48.2 Å². The Morgan fingerprint density at radius 1 is 1.29 bits per heavy atom. The number of hydrogen-bond acceptors (Lipinski definition) is 7. The van der Waals surface area contributed by atoms with E-state index in [9.17, 15) is 26.4 Å². The molecule has 3 aromatic rings. The standard InChI is InChI=1S/C22H22F3N5O4S/c1-34-21(31)15-10-18(20-19(11-15)30(28-27-20)12-16(23)5-7-26)14-3-2-4-17(9-14)35(32,33)29-8-6-22(24,25)13-29/h2-5,9-11H,6-8,12-13,26H2,1H3/b16-5-. The van der Waals surface area contributed by atoms with E-state index in [0.717, 1.165) is 4.31 Å². The molecule has 0 unspecified atom stereocenters. The van der Waals surface area contributed by atoms with Gasteiger partial charge in [0.15, 0.2) is 0 Å². The summed E-state index contributed by atoms with van der Waals surface area (Å²) >= 11 is 0. The zero-order valence-electron chi connectivity index (χ0n) is 18.6. The average Bonchev–Trinajstić information content (AvgIpc) is 3.41. The lowest BCUT2D eigenvalue weighted by atomic mass is 10.0. The van der Waals surface area contributed by atoms with E-state index < -0.39 is 40.7 Å². The Morgan fingerprint density at radius 2 is 2.06 bits per heavy atom. The Bertz CT molecular complexity index is 1420. The number of alkyl halides is 2. The quantitative estimate of drug-likeness (QED) is 0.486. The molecule has 13 heteroatoms. The number of nitrogens with two attached hydrogens (primary N) is 1. The van der Waals surface area contributed by atoms with Crippen molar-refractivity contribution in [2.45, 2.75) is 23.8 Å². The molecule has 4 rings (SSSR count). The van der Waals surface area contributed by atoms with Crippen LogP contribution in [0.5, 0.6) is 0 Å². The van der Waals surface area contributed by atoms with Gasteiger partial charge in [-0.2, -0.15) is 4.31 Å². The van der Waals surface area contributed by atoms with Gasteiger partial charge in [-0.3, -0.25) is 0 Å². The molecule has 1 fully saturated rings. The minimum atomic E-state index is -4.19. The molecule has 0 radical (unpaired) electrons. The molecule has 0 bridgehead atoms. The van der Waals surface area contributed by atoms with Gasteiger partial charge in [-0.15, -0.1) is 5.10 Å². The molecule has 0 amide bonds. The molecule has 0 atom stereocenters. The highest BCUT2D eigenvalue weighted by atomic mass is 32.2. The third-order valence-electron chi connectivity index (χ3n) is 5.60. The summed E-state index contributed by atoms with van der Waals surface area (Å²) in [4.78, 5) is 12.1. The Hall–Kier alpha value is -3.29. The second kappa shape index (κ2) is 9.40. The molecule has 2 N–H and O–H groups in total. The first-order chi connectivity index (χ1) is 16.6. The topological polar surface area (TPSA) is 120 Å². The average molecular weight is 510 g/mol. The molecule has 0 aliphatic carbocycles. The van der Waals surface area contributed by atoms with Crippen molar-refractivity contribution in [1.29, 1.82) is 0 Å². The summed E-state index contributed by atoms with van der Waals surface area (Å²) in [5.74, 6) is -4.32. The van der Waals surface area contributed by atoms with Crippen LogP contribution in [0.1, 0.15) is 16.8 Å². The fourth-order valence-electron chi connectivity index (χ4n) is 3.86. The first kappa shape index (κ1) is 24.8. The van der Waals surface area contributed by atoms with Gasteiger partial charge in [-0.1, -0.05) is 17.3 Å². The van der Waals surface area contributed by atoms with E-state index in [0.29, 0.717) is 16.6 Å². The maximum Gasteiger partial charge on any atom is 0.337 e. The van der Waals surface area contributed by atoms with Crippen LogP contribution in [0.25, 0.3) is 22.2 Å². The number of allylic oxidation sites excluding steroid dienone is 1. The van der Waals surface area contributed by atoms with Gasteiger partial charge in [0.2, 0.25) is 10.0 Å². The van der Waals surface area contributed by atoms with Gasteiger partial charge < -0.3 is 10.5 Å². The van der Waals surface area contributed by atoms with E-state index in [2.05, 4.69) is 10.3 Å². The molecule has 186 valence electrons. The van der Waals surface area contributed by atoms with E-state index in [1.54, 1.807) is 6.07 Å². The van der Waals surface area contributed by atoms with Crippen LogP contribution in [-0.2, 0) is 21.3 Å². The van der Waals surface area contributed by atoms with Crippen LogP contribution in [0.4, 0.5) is 13.2 Å². The number of carbonyl (C=O) groups is 1.